The van der Waals surface area contributed by atoms with Crippen molar-refractivity contribution in [2.45, 2.75) is 78.1 Å². The van der Waals surface area contributed by atoms with Crippen molar-refractivity contribution in [2.24, 2.45) is 0 Å². The van der Waals surface area contributed by atoms with E-state index in [0.717, 1.165) is 13.2 Å². The smallest absolute Gasteiger partial charge is 0.0466 e. The summed E-state index contributed by atoms with van der Waals surface area (Å²) in [4.78, 5) is 0. The van der Waals surface area contributed by atoms with Crippen LogP contribution in [0.15, 0.2) is 0 Å². The zero-order chi connectivity index (χ0) is 11.2. The van der Waals surface area contributed by atoms with Crippen LogP contribution in [0.5, 0.6) is 0 Å². The van der Waals surface area contributed by atoms with Crippen LogP contribution in [0.3, 0.4) is 0 Å². The van der Waals surface area contributed by atoms with E-state index in [1.807, 2.05) is 0 Å². The quantitative estimate of drug-likeness (QED) is 0.363. The van der Waals surface area contributed by atoms with E-state index >= 15 is 0 Å². The Balaban J connectivity index is 0. The second kappa shape index (κ2) is 18.0. The van der Waals surface area contributed by atoms with Gasteiger partial charge < -0.3 is 4.74 Å². The summed E-state index contributed by atoms with van der Waals surface area (Å²) in [5.41, 5.74) is 0. The molecule has 16 heavy (non-hydrogen) atoms. The Kier molecular flexibility index (Phi) is 21.3. The monoisotopic (exact) mass is 278 g/mol. The minimum atomic E-state index is 0. The van der Waals surface area contributed by atoms with Gasteiger partial charge in [-0.25, -0.2) is 0 Å². The molecule has 0 aromatic rings. The zero-order valence-corrected chi connectivity index (χ0v) is 14.6. The van der Waals surface area contributed by atoms with Crippen molar-refractivity contribution in [3.05, 3.63) is 0 Å². The first-order valence-electron chi connectivity index (χ1n) is 6.99. The van der Waals surface area contributed by atoms with Crippen molar-refractivity contribution in [3.8, 4) is 0 Å². The summed E-state index contributed by atoms with van der Waals surface area (Å²) in [5.74, 6) is 0. The molecule has 0 saturated heterocycles. The topological polar surface area (TPSA) is 9.23 Å². The molecule has 0 saturated carbocycles. The molecule has 0 fully saturated rings. The molecule has 0 unspecified atom stereocenters. The summed E-state index contributed by atoms with van der Waals surface area (Å²) in [5, 5.41) is 0. The Hall–Kier alpha value is 0.583. The Bertz CT molecular complexity index is 94.9. The molecule has 0 heterocycles. The van der Waals surface area contributed by atoms with Crippen LogP contribution in [0, 0.1) is 0 Å². The van der Waals surface area contributed by atoms with E-state index in [4.69, 9.17) is 4.74 Å². The van der Waals surface area contributed by atoms with Gasteiger partial charge in [-0.1, -0.05) is 65.2 Å². The van der Waals surface area contributed by atoms with Gasteiger partial charge in [0, 0.05) is 32.7 Å². The number of hydrogen-bond donors (Lipinski definition) is 0. The molecule has 0 N–H and O–H groups in total. The van der Waals surface area contributed by atoms with Crippen molar-refractivity contribution in [3.63, 3.8) is 0 Å². The average molecular weight is 280 g/mol. The number of ether oxygens (including phenoxy) is 1. The number of hydrogen-bond acceptors (Lipinski definition) is 1. The Labute approximate surface area is 115 Å². The van der Waals surface area contributed by atoms with Gasteiger partial charge in [-0.05, 0) is 12.8 Å². The van der Waals surface area contributed by atoms with Crippen LogP contribution in [-0.4, -0.2) is 13.2 Å². The predicted molar refractivity (Wildman–Crippen MR) is 68.3 cm³/mol. The molecule has 94 valence electrons. The molecule has 0 atom stereocenters. The van der Waals surface area contributed by atoms with E-state index in [1.165, 1.54) is 64.2 Å². The van der Waals surface area contributed by atoms with Crippen molar-refractivity contribution < 1.29 is 24.2 Å². The van der Waals surface area contributed by atoms with E-state index in [-0.39, 0.29) is 19.5 Å². The fraction of sp³-hybridized carbons (Fsp3) is 1.00. The normalized spacial score (nSPS) is 10.1. The zero-order valence-electron chi connectivity index (χ0n) is 11.6. The van der Waals surface area contributed by atoms with E-state index in [9.17, 15) is 0 Å². The van der Waals surface area contributed by atoms with E-state index in [1.54, 1.807) is 0 Å². The molecule has 0 aliphatic carbocycles. The molecule has 0 radical (unpaired) electrons. The SMILES string of the molecule is CCCCCCCOCCCCCCC.[Zn]. The Morgan fingerprint density at radius 3 is 1.31 bits per heavy atom. The first-order chi connectivity index (χ1) is 7.41. The molecule has 0 spiro atoms. The Morgan fingerprint density at radius 1 is 0.562 bits per heavy atom. The van der Waals surface area contributed by atoms with Crippen LogP contribution in [0.4, 0.5) is 0 Å². The fourth-order valence-electron chi connectivity index (χ4n) is 1.72. The maximum atomic E-state index is 5.59. The fourth-order valence-corrected chi connectivity index (χ4v) is 1.72. The van der Waals surface area contributed by atoms with Gasteiger partial charge in [-0.3, -0.25) is 0 Å². The third kappa shape index (κ3) is 17.0. The summed E-state index contributed by atoms with van der Waals surface area (Å²) in [6, 6.07) is 0. The summed E-state index contributed by atoms with van der Waals surface area (Å²) in [6.45, 7) is 6.48. The van der Waals surface area contributed by atoms with Crippen molar-refractivity contribution >= 4 is 0 Å². The van der Waals surface area contributed by atoms with Crippen molar-refractivity contribution in [2.75, 3.05) is 13.2 Å². The van der Waals surface area contributed by atoms with Crippen LogP contribution in [0.2, 0.25) is 0 Å². The van der Waals surface area contributed by atoms with Crippen LogP contribution in [-0.2, 0) is 24.2 Å². The molecule has 0 aromatic carbocycles. The number of rotatable bonds is 12. The molecule has 0 bridgehead atoms. The molecule has 0 rings (SSSR count). The summed E-state index contributed by atoms with van der Waals surface area (Å²) in [7, 11) is 0. The second-order valence-electron chi connectivity index (χ2n) is 4.44. The van der Waals surface area contributed by atoms with Crippen molar-refractivity contribution in [1.29, 1.82) is 0 Å². The molecule has 2 heteroatoms. The maximum Gasteiger partial charge on any atom is 0.0466 e. The van der Waals surface area contributed by atoms with Gasteiger partial charge in [-0.2, -0.15) is 0 Å². The standard InChI is InChI=1S/C14H30O.Zn/c1-3-5-7-9-11-13-15-14-12-10-8-6-4-2;/h3-14H2,1-2H3;. The average Bonchev–Trinajstić information content (AvgIpc) is 2.26. The third-order valence-electron chi connectivity index (χ3n) is 2.78. The van der Waals surface area contributed by atoms with Gasteiger partial charge in [0.1, 0.15) is 0 Å². The second-order valence-corrected chi connectivity index (χ2v) is 4.44. The predicted octanol–water partition coefficient (Wildman–Crippen LogP) is 4.94. The maximum absolute atomic E-state index is 5.59. The minimum Gasteiger partial charge on any atom is -0.381 e. The summed E-state index contributed by atoms with van der Waals surface area (Å²) >= 11 is 0. The van der Waals surface area contributed by atoms with Gasteiger partial charge in [0.2, 0.25) is 0 Å². The first-order valence-corrected chi connectivity index (χ1v) is 6.99. The van der Waals surface area contributed by atoms with Gasteiger partial charge in [0.25, 0.3) is 0 Å². The van der Waals surface area contributed by atoms with Crippen LogP contribution < -0.4 is 0 Å². The molecular weight excluding hydrogens is 250 g/mol. The van der Waals surface area contributed by atoms with E-state index in [2.05, 4.69) is 13.8 Å². The third-order valence-corrected chi connectivity index (χ3v) is 2.78. The molecular formula is C14H30OZn. The van der Waals surface area contributed by atoms with Crippen LogP contribution >= 0.6 is 0 Å². The molecule has 0 aromatic heterocycles. The van der Waals surface area contributed by atoms with Gasteiger partial charge >= 0.3 is 0 Å². The largest absolute Gasteiger partial charge is 0.381 e. The first kappa shape index (κ1) is 18.9. The summed E-state index contributed by atoms with van der Waals surface area (Å²) < 4.78 is 5.59. The van der Waals surface area contributed by atoms with Crippen molar-refractivity contribution in [1.82, 2.24) is 0 Å². The summed E-state index contributed by atoms with van der Waals surface area (Å²) in [6.07, 6.45) is 13.4. The number of unbranched alkanes of at least 4 members (excludes halogenated alkanes) is 8. The Morgan fingerprint density at radius 2 is 0.938 bits per heavy atom. The van der Waals surface area contributed by atoms with E-state index < -0.39 is 0 Å². The molecule has 0 amide bonds. The molecule has 0 aliphatic heterocycles. The van der Waals surface area contributed by atoms with Gasteiger partial charge in [0.15, 0.2) is 0 Å². The minimum absolute atomic E-state index is 0. The van der Waals surface area contributed by atoms with Gasteiger partial charge in [0.05, 0.1) is 0 Å². The van der Waals surface area contributed by atoms with E-state index in [0.29, 0.717) is 0 Å². The molecule has 0 aliphatic rings. The molecule has 1 nitrogen and oxygen atoms in total. The van der Waals surface area contributed by atoms with Crippen LogP contribution in [0.25, 0.3) is 0 Å². The van der Waals surface area contributed by atoms with Crippen LogP contribution in [0.1, 0.15) is 78.1 Å². The van der Waals surface area contributed by atoms with Gasteiger partial charge in [-0.15, -0.1) is 0 Å².